The standard InChI is InChI=1S/C19H26N4O2.ClH/c1-18(2,3)12-23(4)16(24)14-8-5-7-13(11-14)15-21-17(22-25-15)19(20)9-6-10-19;/h5,7-8,11H,6,9-10,12,20H2,1-4H3;1H. The van der Waals surface area contributed by atoms with E-state index in [1.54, 1.807) is 17.0 Å². The number of hydrogen-bond donors (Lipinski definition) is 1. The molecule has 2 N–H and O–H groups in total. The van der Waals surface area contributed by atoms with Crippen LogP contribution in [-0.4, -0.2) is 34.5 Å². The van der Waals surface area contributed by atoms with Gasteiger partial charge in [-0.25, -0.2) is 0 Å². The molecule has 1 heterocycles. The van der Waals surface area contributed by atoms with Gasteiger partial charge in [0.25, 0.3) is 11.8 Å². The second-order valence-electron chi connectivity index (χ2n) is 8.24. The predicted molar refractivity (Wildman–Crippen MR) is 103 cm³/mol. The second-order valence-corrected chi connectivity index (χ2v) is 8.24. The van der Waals surface area contributed by atoms with E-state index in [0.717, 1.165) is 24.8 Å². The fraction of sp³-hybridized carbons (Fsp3) is 0.526. The zero-order chi connectivity index (χ0) is 18.2. The zero-order valence-corrected chi connectivity index (χ0v) is 16.6. The van der Waals surface area contributed by atoms with Gasteiger partial charge >= 0.3 is 0 Å². The Morgan fingerprint density at radius 1 is 1.35 bits per heavy atom. The van der Waals surface area contributed by atoms with Crippen molar-refractivity contribution in [3.05, 3.63) is 35.7 Å². The number of aromatic nitrogens is 2. The van der Waals surface area contributed by atoms with E-state index in [9.17, 15) is 4.79 Å². The van der Waals surface area contributed by atoms with Crippen LogP contribution < -0.4 is 5.73 Å². The lowest BCUT2D eigenvalue weighted by Gasteiger charge is -2.34. The largest absolute Gasteiger partial charge is 0.341 e. The molecule has 0 unspecified atom stereocenters. The second kappa shape index (κ2) is 7.37. The number of hydrogen-bond acceptors (Lipinski definition) is 5. The first kappa shape index (κ1) is 20.4. The van der Waals surface area contributed by atoms with Crippen LogP contribution >= 0.6 is 12.4 Å². The Bertz CT molecular complexity index is 778. The number of nitrogens with two attached hydrogens (primary N) is 1. The van der Waals surface area contributed by atoms with Crippen LogP contribution in [0, 0.1) is 5.41 Å². The number of carbonyl (C=O) groups excluding carboxylic acids is 1. The Hall–Kier alpha value is -1.92. The molecule has 1 aromatic carbocycles. The first-order valence-electron chi connectivity index (χ1n) is 8.67. The molecule has 0 aliphatic heterocycles. The van der Waals surface area contributed by atoms with E-state index in [1.165, 1.54) is 0 Å². The van der Waals surface area contributed by atoms with E-state index < -0.39 is 5.54 Å². The number of rotatable bonds is 4. The molecule has 7 heteroatoms. The van der Waals surface area contributed by atoms with E-state index in [-0.39, 0.29) is 23.7 Å². The van der Waals surface area contributed by atoms with E-state index >= 15 is 0 Å². The maximum atomic E-state index is 12.7. The molecule has 2 aromatic rings. The molecule has 6 nitrogen and oxygen atoms in total. The van der Waals surface area contributed by atoms with Crippen molar-refractivity contribution in [2.45, 2.75) is 45.6 Å². The van der Waals surface area contributed by atoms with Gasteiger partial charge in [-0.15, -0.1) is 12.4 Å². The van der Waals surface area contributed by atoms with E-state index in [2.05, 4.69) is 30.9 Å². The lowest BCUT2D eigenvalue weighted by molar-refractivity contribution is 0.0745. The highest BCUT2D eigenvalue weighted by atomic mass is 35.5. The van der Waals surface area contributed by atoms with Gasteiger partial charge in [-0.05, 0) is 42.9 Å². The molecule has 1 fully saturated rings. The van der Waals surface area contributed by atoms with Gasteiger partial charge in [0.15, 0.2) is 5.82 Å². The Balaban J connectivity index is 0.00000243. The Morgan fingerprint density at radius 3 is 2.62 bits per heavy atom. The Morgan fingerprint density at radius 2 is 2.04 bits per heavy atom. The minimum absolute atomic E-state index is 0. The quantitative estimate of drug-likeness (QED) is 0.878. The van der Waals surface area contributed by atoms with Gasteiger partial charge in [-0.3, -0.25) is 4.79 Å². The molecule has 26 heavy (non-hydrogen) atoms. The third kappa shape index (κ3) is 4.24. The van der Waals surface area contributed by atoms with Gasteiger partial charge < -0.3 is 15.2 Å². The van der Waals surface area contributed by atoms with Crippen LogP contribution in [-0.2, 0) is 5.54 Å². The molecule has 0 atom stereocenters. The van der Waals surface area contributed by atoms with Crippen molar-refractivity contribution in [2.75, 3.05) is 13.6 Å². The number of benzene rings is 1. The molecule has 142 valence electrons. The lowest BCUT2D eigenvalue weighted by atomic mass is 9.77. The molecule has 1 saturated carbocycles. The monoisotopic (exact) mass is 378 g/mol. The minimum Gasteiger partial charge on any atom is -0.341 e. The maximum Gasteiger partial charge on any atom is 0.258 e. The summed E-state index contributed by atoms with van der Waals surface area (Å²) >= 11 is 0. The maximum absolute atomic E-state index is 12.7. The van der Waals surface area contributed by atoms with Crippen LogP contribution in [0.1, 0.15) is 56.2 Å². The van der Waals surface area contributed by atoms with Gasteiger partial charge in [0, 0.05) is 24.7 Å². The summed E-state index contributed by atoms with van der Waals surface area (Å²) in [5.74, 6) is 0.931. The Kier molecular flexibility index (Phi) is 5.78. The summed E-state index contributed by atoms with van der Waals surface area (Å²) in [6.07, 6.45) is 2.84. The molecule has 1 aliphatic rings. The van der Waals surface area contributed by atoms with Gasteiger partial charge in [0.2, 0.25) is 0 Å². The van der Waals surface area contributed by atoms with Crippen LogP contribution in [0.15, 0.2) is 28.8 Å². The van der Waals surface area contributed by atoms with Crippen LogP contribution in [0.4, 0.5) is 0 Å². The number of nitrogens with zero attached hydrogens (tertiary/aromatic N) is 3. The molecular formula is C19H27ClN4O2. The first-order chi connectivity index (χ1) is 11.7. The highest BCUT2D eigenvalue weighted by Gasteiger charge is 2.39. The summed E-state index contributed by atoms with van der Waals surface area (Å²) in [5, 5.41) is 4.04. The molecule has 3 rings (SSSR count). The van der Waals surface area contributed by atoms with Crippen LogP contribution in [0.5, 0.6) is 0 Å². The molecule has 1 amide bonds. The number of halogens is 1. The van der Waals surface area contributed by atoms with Gasteiger partial charge in [0.1, 0.15) is 0 Å². The molecule has 0 spiro atoms. The summed E-state index contributed by atoms with van der Waals surface area (Å²) in [5.41, 5.74) is 7.17. The number of amides is 1. The Labute approximate surface area is 160 Å². The van der Waals surface area contributed by atoms with Crippen LogP contribution in [0.2, 0.25) is 0 Å². The topological polar surface area (TPSA) is 85.2 Å². The third-order valence-electron chi connectivity index (χ3n) is 4.53. The van der Waals surface area contributed by atoms with Crippen molar-refractivity contribution < 1.29 is 9.32 Å². The third-order valence-corrected chi connectivity index (χ3v) is 4.53. The fourth-order valence-electron chi connectivity index (χ4n) is 3.11. The average Bonchev–Trinajstić information content (AvgIpc) is 3.00. The van der Waals surface area contributed by atoms with Crippen molar-refractivity contribution in [2.24, 2.45) is 11.1 Å². The lowest BCUT2D eigenvalue weighted by Crippen LogP contribution is -2.44. The molecule has 0 radical (unpaired) electrons. The van der Waals surface area contributed by atoms with Crippen LogP contribution in [0.25, 0.3) is 11.5 Å². The van der Waals surface area contributed by atoms with E-state index in [0.29, 0.717) is 23.8 Å². The fourth-order valence-corrected chi connectivity index (χ4v) is 3.11. The van der Waals surface area contributed by atoms with Gasteiger partial charge in [0.05, 0.1) is 5.54 Å². The van der Waals surface area contributed by atoms with Gasteiger partial charge in [-0.2, -0.15) is 4.98 Å². The first-order valence-corrected chi connectivity index (χ1v) is 8.67. The molecule has 1 aromatic heterocycles. The predicted octanol–water partition coefficient (Wildman–Crippen LogP) is 3.61. The zero-order valence-electron chi connectivity index (χ0n) is 15.8. The summed E-state index contributed by atoms with van der Waals surface area (Å²) in [6, 6.07) is 7.29. The molecular weight excluding hydrogens is 352 g/mol. The minimum atomic E-state index is -0.456. The molecule has 0 bridgehead atoms. The van der Waals surface area contributed by atoms with Crippen molar-refractivity contribution in [1.82, 2.24) is 15.0 Å². The summed E-state index contributed by atoms with van der Waals surface area (Å²) in [6.45, 7) is 7.00. The van der Waals surface area contributed by atoms with Gasteiger partial charge in [-0.1, -0.05) is 32.0 Å². The number of carbonyl (C=O) groups is 1. The highest BCUT2D eigenvalue weighted by Crippen LogP contribution is 2.37. The molecule has 1 aliphatic carbocycles. The normalized spacial score (nSPS) is 15.7. The molecule has 0 saturated heterocycles. The summed E-state index contributed by atoms with van der Waals surface area (Å²) in [4.78, 5) is 18.9. The summed E-state index contributed by atoms with van der Waals surface area (Å²) in [7, 11) is 1.82. The summed E-state index contributed by atoms with van der Waals surface area (Å²) < 4.78 is 5.38. The van der Waals surface area contributed by atoms with Crippen molar-refractivity contribution in [1.29, 1.82) is 0 Å². The van der Waals surface area contributed by atoms with E-state index in [4.69, 9.17) is 10.3 Å². The van der Waals surface area contributed by atoms with Crippen LogP contribution in [0.3, 0.4) is 0 Å². The highest BCUT2D eigenvalue weighted by molar-refractivity contribution is 5.95. The van der Waals surface area contributed by atoms with Crippen molar-refractivity contribution in [3.8, 4) is 11.5 Å². The smallest absolute Gasteiger partial charge is 0.258 e. The van der Waals surface area contributed by atoms with Crippen molar-refractivity contribution >= 4 is 18.3 Å². The van der Waals surface area contributed by atoms with Crippen molar-refractivity contribution in [3.63, 3.8) is 0 Å². The van der Waals surface area contributed by atoms with E-state index in [1.807, 2.05) is 19.2 Å². The average molecular weight is 379 g/mol. The SMILES string of the molecule is CN(CC(C)(C)C)C(=O)c1cccc(-c2nc(C3(N)CCC3)no2)c1.Cl.